The lowest BCUT2D eigenvalue weighted by Gasteiger charge is -2.38. The highest BCUT2D eigenvalue weighted by atomic mass is 16.6. The zero-order valence-electron chi connectivity index (χ0n) is 11.1. The van der Waals surface area contributed by atoms with E-state index in [1.807, 2.05) is 4.90 Å². The van der Waals surface area contributed by atoms with Gasteiger partial charge in [-0.25, -0.2) is 0 Å². The number of carbonyl (C=O) groups excluding carboxylic acids is 1. The molecule has 0 N–H and O–H groups in total. The summed E-state index contributed by atoms with van der Waals surface area (Å²) in [7, 11) is 1.72. The quantitative estimate of drug-likeness (QED) is 0.816. The summed E-state index contributed by atoms with van der Waals surface area (Å²) in [5, 5.41) is 0. The molecule has 2 fully saturated rings. The fourth-order valence-corrected chi connectivity index (χ4v) is 2.98. The summed E-state index contributed by atoms with van der Waals surface area (Å²) in [5.74, 6) is 0.388. The maximum absolute atomic E-state index is 12.2. The van der Waals surface area contributed by atoms with E-state index in [2.05, 4.69) is 0 Å². The van der Waals surface area contributed by atoms with Gasteiger partial charge in [-0.15, -0.1) is 0 Å². The summed E-state index contributed by atoms with van der Waals surface area (Å²) in [6.07, 6.45) is 4.42. The van der Waals surface area contributed by atoms with E-state index in [1.165, 1.54) is 6.26 Å². The summed E-state index contributed by atoms with van der Waals surface area (Å²) in [6.45, 7) is 2.11. The van der Waals surface area contributed by atoms with Crippen molar-refractivity contribution in [2.24, 2.45) is 0 Å². The minimum Gasteiger partial charge on any atom is -0.459 e. The molecule has 3 rings (SSSR count). The molecule has 104 valence electrons. The van der Waals surface area contributed by atoms with Crippen LogP contribution in [0, 0.1) is 0 Å². The smallest absolute Gasteiger partial charge is 0.289 e. The SMILES string of the molecule is CO[C@@H]1COC2(CCN(C(=O)c3ccco3)CC2)C1. The third-order valence-corrected chi connectivity index (χ3v) is 4.20. The van der Waals surface area contributed by atoms with Crippen LogP contribution in [0.25, 0.3) is 0 Å². The van der Waals surface area contributed by atoms with Crippen molar-refractivity contribution in [2.45, 2.75) is 31.0 Å². The molecule has 3 heterocycles. The number of ether oxygens (including phenoxy) is 2. The topological polar surface area (TPSA) is 51.9 Å². The van der Waals surface area contributed by atoms with Crippen LogP contribution >= 0.6 is 0 Å². The van der Waals surface area contributed by atoms with Crippen molar-refractivity contribution in [1.82, 2.24) is 4.90 Å². The first-order valence-electron chi connectivity index (χ1n) is 6.72. The van der Waals surface area contributed by atoms with Gasteiger partial charge in [0.2, 0.25) is 0 Å². The van der Waals surface area contributed by atoms with E-state index >= 15 is 0 Å². The van der Waals surface area contributed by atoms with E-state index in [0.717, 1.165) is 32.4 Å². The predicted octanol–water partition coefficient (Wildman–Crippen LogP) is 1.69. The van der Waals surface area contributed by atoms with Crippen molar-refractivity contribution >= 4 is 5.91 Å². The highest BCUT2D eigenvalue weighted by Gasteiger charge is 2.43. The molecule has 0 aliphatic carbocycles. The highest BCUT2D eigenvalue weighted by Crippen LogP contribution is 2.37. The van der Waals surface area contributed by atoms with Crippen LogP contribution in [-0.4, -0.2) is 49.3 Å². The van der Waals surface area contributed by atoms with Crippen molar-refractivity contribution in [3.63, 3.8) is 0 Å². The van der Waals surface area contributed by atoms with Crippen molar-refractivity contribution in [3.05, 3.63) is 24.2 Å². The maximum atomic E-state index is 12.2. The van der Waals surface area contributed by atoms with E-state index < -0.39 is 0 Å². The first-order chi connectivity index (χ1) is 9.22. The molecule has 5 nitrogen and oxygen atoms in total. The van der Waals surface area contributed by atoms with Crippen LogP contribution in [0.5, 0.6) is 0 Å². The molecule has 5 heteroatoms. The molecule has 0 unspecified atom stereocenters. The van der Waals surface area contributed by atoms with Crippen molar-refractivity contribution in [2.75, 3.05) is 26.8 Å². The Morgan fingerprint density at radius 1 is 1.47 bits per heavy atom. The van der Waals surface area contributed by atoms with Gasteiger partial charge >= 0.3 is 0 Å². The van der Waals surface area contributed by atoms with E-state index in [4.69, 9.17) is 13.9 Å². The Labute approximate surface area is 112 Å². The predicted molar refractivity (Wildman–Crippen MR) is 67.9 cm³/mol. The van der Waals surface area contributed by atoms with Crippen molar-refractivity contribution in [3.8, 4) is 0 Å². The molecule has 1 aromatic rings. The van der Waals surface area contributed by atoms with Gasteiger partial charge in [-0.3, -0.25) is 4.79 Å². The average Bonchev–Trinajstić information content (AvgIpc) is 3.09. The average molecular weight is 265 g/mol. The van der Waals surface area contributed by atoms with Crippen LogP contribution in [0.4, 0.5) is 0 Å². The van der Waals surface area contributed by atoms with Gasteiger partial charge in [0.25, 0.3) is 5.91 Å². The first-order valence-corrected chi connectivity index (χ1v) is 6.72. The molecule has 2 saturated heterocycles. The van der Waals surface area contributed by atoms with Crippen LogP contribution in [0.3, 0.4) is 0 Å². The number of hydrogen-bond acceptors (Lipinski definition) is 4. The lowest BCUT2D eigenvalue weighted by molar-refractivity contribution is -0.0406. The van der Waals surface area contributed by atoms with Crippen LogP contribution < -0.4 is 0 Å². The second kappa shape index (κ2) is 4.98. The third-order valence-electron chi connectivity index (χ3n) is 4.20. The Bertz CT molecular complexity index is 434. The molecule has 1 spiro atoms. The molecule has 2 aliphatic heterocycles. The molecule has 0 bridgehead atoms. The Morgan fingerprint density at radius 3 is 2.84 bits per heavy atom. The number of furan rings is 1. The van der Waals surface area contributed by atoms with E-state index in [-0.39, 0.29) is 17.6 Å². The van der Waals surface area contributed by atoms with Gasteiger partial charge in [0.15, 0.2) is 5.76 Å². The fourth-order valence-electron chi connectivity index (χ4n) is 2.98. The van der Waals surface area contributed by atoms with Crippen molar-refractivity contribution in [1.29, 1.82) is 0 Å². The summed E-state index contributed by atoms with van der Waals surface area (Å²) in [4.78, 5) is 14.0. The minimum absolute atomic E-state index is 0.0267. The second-order valence-electron chi connectivity index (χ2n) is 5.33. The third kappa shape index (κ3) is 2.40. The van der Waals surface area contributed by atoms with E-state index in [9.17, 15) is 4.79 Å². The van der Waals surface area contributed by atoms with Crippen LogP contribution in [0.2, 0.25) is 0 Å². The fraction of sp³-hybridized carbons (Fsp3) is 0.643. The lowest BCUT2D eigenvalue weighted by atomic mass is 9.88. The molecular weight excluding hydrogens is 246 g/mol. The lowest BCUT2D eigenvalue weighted by Crippen LogP contribution is -2.46. The molecule has 0 radical (unpaired) electrons. The first kappa shape index (κ1) is 12.7. The number of hydrogen-bond donors (Lipinski definition) is 0. The molecule has 0 aromatic carbocycles. The maximum Gasteiger partial charge on any atom is 0.289 e. The highest BCUT2D eigenvalue weighted by molar-refractivity contribution is 5.91. The van der Waals surface area contributed by atoms with E-state index in [0.29, 0.717) is 12.4 Å². The van der Waals surface area contributed by atoms with Crippen molar-refractivity contribution < 1.29 is 18.7 Å². The molecule has 1 atom stereocenters. The largest absolute Gasteiger partial charge is 0.459 e. The van der Waals surface area contributed by atoms with E-state index in [1.54, 1.807) is 19.2 Å². The molecule has 1 aromatic heterocycles. The van der Waals surface area contributed by atoms with Gasteiger partial charge in [0, 0.05) is 26.6 Å². The van der Waals surface area contributed by atoms with Crippen LogP contribution in [0.15, 0.2) is 22.8 Å². The molecular formula is C14H19NO4. The van der Waals surface area contributed by atoms with Gasteiger partial charge < -0.3 is 18.8 Å². The number of likely N-dealkylation sites (tertiary alicyclic amines) is 1. The molecule has 0 saturated carbocycles. The zero-order chi connectivity index (χ0) is 13.3. The number of piperidine rings is 1. The van der Waals surface area contributed by atoms with Gasteiger partial charge in [-0.1, -0.05) is 0 Å². The minimum atomic E-state index is -0.0827. The Balaban J connectivity index is 1.59. The van der Waals surface area contributed by atoms with Crippen LogP contribution in [0.1, 0.15) is 29.8 Å². The summed E-state index contributed by atoms with van der Waals surface area (Å²) >= 11 is 0. The summed E-state index contributed by atoms with van der Waals surface area (Å²) < 4.78 is 16.4. The Kier molecular flexibility index (Phi) is 3.33. The Morgan fingerprint density at radius 2 is 2.26 bits per heavy atom. The zero-order valence-corrected chi connectivity index (χ0v) is 11.1. The van der Waals surface area contributed by atoms with Gasteiger partial charge in [0.05, 0.1) is 24.6 Å². The number of amides is 1. The molecule has 1 amide bonds. The number of methoxy groups -OCH3 is 1. The van der Waals surface area contributed by atoms with Gasteiger partial charge in [-0.05, 0) is 25.0 Å². The number of carbonyl (C=O) groups is 1. The Hall–Kier alpha value is -1.33. The normalized spacial score (nSPS) is 25.9. The summed E-state index contributed by atoms with van der Waals surface area (Å²) in [6, 6.07) is 3.45. The molecule has 2 aliphatic rings. The number of rotatable bonds is 2. The summed E-state index contributed by atoms with van der Waals surface area (Å²) in [5.41, 5.74) is -0.0827. The second-order valence-corrected chi connectivity index (χ2v) is 5.33. The standard InChI is InChI=1S/C14H19NO4/c1-17-11-9-14(19-10-11)4-6-15(7-5-14)13(16)12-3-2-8-18-12/h2-3,8,11H,4-7,9-10H2,1H3/t11-/m0/s1. The monoisotopic (exact) mass is 265 g/mol. The van der Waals surface area contributed by atoms with Gasteiger partial charge in [-0.2, -0.15) is 0 Å². The number of nitrogens with zero attached hydrogens (tertiary/aromatic N) is 1. The molecule has 19 heavy (non-hydrogen) atoms. The van der Waals surface area contributed by atoms with Gasteiger partial charge in [0.1, 0.15) is 0 Å². The van der Waals surface area contributed by atoms with Crippen LogP contribution in [-0.2, 0) is 9.47 Å².